The number of benzene rings is 2. The van der Waals surface area contributed by atoms with Crippen LogP contribution in [-0.2, 0) is 0 Å². The molecule has 17 heavy (non-hydrogen) atoms. The third-order valence-corrected chi connectivity index (χ3v) is 2.55. The molecule has 82 valence electrons. The SMILES string of the molecule is C=Cc1ccccc1-c1ccccc1N=C=N. The predicted molar refractivity (Wildman–Crippen MR) is 71.8 cm³/mol. The highest BCUT2D eigenvalue weighted by atomic mass is 14.7. The Morgan fingerprint density at radius 1 is 1.00 bits per heavy atom. The summed E-state index contributed by atoms with van der Waals surface area (Å²) in [7, 11) is 0. The number of nitrogens with zero attached hydrogens (tertiary/aromatic N) is 1. The Kier molecular flexibility index (Phi) is 3.29. The van der Waals surface area contributed by atoms with Gasteiger partial charge in [0, 0.05) is 5.56 Å². The second kappa shape index (κ2) is 5.06. The summed E-state index contributed by atoms with van der Waals surface area (Å²) in [6.07, 6.45) is 1.82. The van der Waals surface area contributed by atoms with Gasteiger partial charge in [0.15, 0.2) is 0 Å². The monoisotopic (exact) mass is 220 g/mol. The molecule has 0 unspecified atom stereocenters. The Hall–Kier alpha value is -2.44. The summed E-state index contributed by atoms with van der Waals surface area (Å²) in [6.45, 7) is 3.81. The standard InChI is InChI=1S/C15H12N2/c1-2-12-7-3-4-8-13(12)14-9-5-6-10-15(14)17-11-16/h2-10,16H,1H2. The molecular weight excluding hydrogens is 208 g/mol. The zero-order chi connectivity index (χ0) is 12.1. The van der Waals surface area contributed by atoms with Crippen LogP contribution in [0.25, 0.3) is 17.2 Å². The molecule has 0 fully saturated rings. The fraction of sp³-hybridized carbons (Fsp3) is 0. The zero-order valence-electron chi connectivity index (χ0n) is 9.35. The summed E-state index contributed by atoms with van der Waals surface area (Å²) < 4.78 is 0. The van der Waals surface area contributed by atoms with Gasteiger partial charge in [-0.1, -0.05) is 55.1 Å². The van der Waals surface area contributed by atoms with Crippen molar-refractivity contribution in [1.82, 2.24) is 0 Å². The van der Waals surface area contributed by atoms with Crippen molar-refractivity contribution in [2.45, 2.75) is 0 Å². The summed E-state index contributed by atoms with van der Waals surface area (Å²) in [5.74, 6) is 0. The van der Waals surface area contributed by atoms with Crippen LogP contribution in [0.1, 0.15) is 5.56 Å². The quantitative estimate of drug-likeness (QED) is 0.745. The maximum absolute atomic E-state index is 6.96. The van der Waals surface area contributed by atoms with E-state index in [1.165, 1.54) is 0 Å². The number of rotatable bonds is 3. The lowest BCUT2D eigenvalue weighted by Gasteiger charge is -2.08. The van der Waals surface area contributed by atoms with E-state index in [9.17, 15) is 0 Å². The fourth-order valence-electron chi connectivity index (χ4n) is 1.78. The molecule has 2 rings (SSSR count). The number of nitrogens with one attached hydrogen (secondary N) is 1. The first-order chi connectivity index (χ1) is 8.36. The number of hydrogen-bond donors (Lipinski definition) is 1. The third-order valence-electron chi connectivity index (χ3n) is 2.55. The van der Waals surface area contributed by atoms with Crippen molar-refractivity contribution in [1.29, 1.82) is 5.41 Å². The molecule has 0 bridgehead atoms. The van der Waals surface area contributed by atoms with Crippen LogP contribution in [0.3, 0.4) is 0 Å². The first-order valence-electron chi connectivity index (χ1n) is 5.30. The van der Waals surface area contributed by atoms with E-state index < -0.39 is 0 Å². The van der Waals surface area contributed by atoms with Crippen molar-refractivity contribution in [2.24, 2.45) is 4.99 Å². The van der Waals surface area contributed by atoms with Crippen LogP contribution in [0.4, 0.5) is 5.69 Å². The van der Waals surface area contributed by atoms with Gasteiger partial charge in [-0.2, -0.15) is 4.99 Å². The van der Waals surface area contributed by atoms with Gasteiger partial charge in [0.25, 0.3) is 0 Å². The zero-order valence-corrected chi connectivity index (χ0v) is 9.35. The minimum atomic E-state index is 0.747. The normalized spacial score (nSPS) is 9.41. The van der Waals surface area contributed by atoms with Gasteiger partial charge in [0.05, 0.1) is 11.7 Å². The Morgan fingerprint density at radius 3 is 2.35 bits per heavy atom. The number of para-hydroxylation sites is 1. The predicted octanol–water partition coefficient (Wildman–Crippen LogP) is 4.38. The summed E-state index contributed by atoms with van der Waals surface area (Å²) >= 11 is 0. The summed E-state index contributed by atoms with van der Waals surface area (Å²) in [4.78, 5) is 3.94. The molecule has 0 saturated heterocycles. The van der Waals surface area contributed by atoms with Gasteiger partial charge in [-0.3, -0.25) is 0 Å². The fourth-order valence-corrected chi connectivity index (χ4v) is 1.78. The van der Waals surface area contributed by atoms with E-state index in [1.807, 2.05) is 54.6 Å². The second-order valence-electron chi connectivity index (χ2n) is 3.53. The van der Waals surface area contributed by atoms with Gasteiger partial charge >= 0.3 is 0 Å². The molecule has 2 heteroatoms. The maximum atomic E-state index is 6.96. The van der Waals surface area contributed by atoms with E-state index in [2.05, 4.69) is 17.6 Å². The molecule has 2 nitrogen and oxygen atoms in total. The average molecular weight is 220 g/mol. The van der Waals surface area contributed by atoms with Crippen molar-refractivity contribution in [3.63, 3.8) is 0 Å². The highest BCUT2D eigenvalue weighted by Crippen LogP contribution is 2.32. The van der Waals surface area contributed by atoms with E-state index in [4.69, 9.17) is 5.41 Å². The van der Waals surface area contributed by atoms with Gasteiger partial charge in [0.1, 0.15) is 0 Å². The molecule has 0 saturated carbocycles. The van der Waals surface area contributed by atoms with E-state index >= 15 is 0 Å². The second-order valence-corrected chi connectivity index (χ2v) is 3.53. The van der Waals surface area contributed by atoms with E-state index in [0.717, 1.165) is 22.4 Å². The van der Waals surface area contributed by atoms with Crippen molar-refractivity contribution < 1.29 is 0 Å². The minimum absolute atomic E-state index is 0.747. The molecular formula is C15H12N2. The van der Waals surface area contributed by atoms with Crippen LogP contribution in [-0.4, -0.2) is 6.01 Å². The molecule has 0 radical (unpaired) electrons. The van der Waals surface area contributed by atoms with Gasteiger partial charge in [0.2, 0.25) is 0 Å². The first-order valence-corrected chi connectivity index (χ1v) is 5.30. The molecule has 0 atom stereocenters. The molecule has 0 aromatic heterocycles. The van der Waals surface area contributed by atoms with Gasteiger partial charge in [-0.25, -0.2) is 5.41 Å². The molecule has 0 amide bonds. The van der Waals surface area contributed by atoms with E-state index in [1.54, 1.807) is 0 Å². The van der Waals surface area contributed by atoms with Gasteiger partial charge in [-0.05, 0) is 17.2 Å². The molecule has 0 heterocycles. The van der Waals surface area contributed by atoms with Crippen molar-refractivity contribution in [3.8, 4) is 11.1 Å². The van der Waals surface area contributed by atoms with Gasteiger partial charge < -0.3 is 0 Å². The van der Waals surface area contributed by atoms with Crippen LogP contribution in [0.5, 0.6) is 0 Å². The van der Waals surface area contributed by atoms with Crippen LogP contribution in [0, 0.1) is 5.41 Å². The lowest BCUT2D eigenvalue weighted by atomic mass is 9.98. The van der Waals surface area contributed by atoms with Crippen molar-refractivity contribution >= 4 is 17.8 Å². The topological polar surface area (TPSA) is 36.2 Å². The third kappa shape index (κ3) is 2.22. The molecule has 0 spiro atoms. The van der Waals surface area contributed by atoms with Crippen molar-refractivity contribution in [3.05, 3.63) is 60.7 Å². The number of hydrogen-bond acceptors (Lipinski definition) is 2. The Bertz CT molecular complexity index is 593. The Labute approximate surface area is 100 Å². The van der Waals surface area contributed by atoms with Crippen LogP contribution >= 0.6 is 0 Å². The van der Waals surface area contributed by atoms with E-state index in [0.29, 0.717) is 0 Å². The lowest BCUT2D eigenvalue weighted by Crippen LogP contribution is -1.83. The largest absolute Gasteiger partial charge is 0.241 e. The average Bonchev–Trinajstić information content (AvgIpc) is 2.40. The highest BCUT2D eigenvalue weighted by molar-refractivity contribution is 5.83. The smallest absolute Gasteiger partial charge is 0.0918 e. The molecule has 0 aliphatic heterocycles. The van der Waals surface area contributed by atoms with E-state index in [-0.39, 0.29) is 0 Å². The highest BCUT2D eigenvalue weighted by Gasteiger charge is 2.06. The Balaban J connectivity index is 2.67. The van der Waals surface area contributed by atoms with Crippen LogP contribution in [0.15, 0.2) is 60.1 Å². The molecule has 2 aromatic rings. The van der Waals surface area contributed by atoms with Crippen LogP contribution < -0.4 is 0 Å². The molecule has 0 aliphatic carbocycles. The minimum Gasteiger partial charge on any atom is -0.241 e. The molecule has 1 N–H and O–H groups in total. The summed E-state index contributed by atoms with van der Waals surface area (Å²) in [5.41, 5.74) is 3.86. The first kappa shape index (κ1) is 11.1. The van der Waals surface area contributed by atoms with Gasteiger partial charge in [-0.15, -0.1) is 0 Å². The Morgan fingerprint density at radius 2 is 1.65 bits per heavy atom. The summed E-state index contributed by atoms with van der Waals surface area (Å²) in [5, 5.41) is 6.96. The molecule has 0 aliphatic rings. The number of aliphatic imine (C=N–C) groups is 1. The summed E-state index contributed by atoms with van der Waals surface area (Å²) in [6, 6.07) is 17.8. The lowest BCUT2D eigenvalue weighted by molar-refractivity contribution is 1.47. The molecule has 2 aromatic carbocycles. The maximum Gasteiger partial charge on any atom is 0.0918 e. The van der Waals surface area contributed by atoms with Crippen molar-refractivity contribution in [2.75, 3.05) is 0 Å². The van der Waals surface area contributed by atoms with Crippen LogP contribution in [0.2, 0.25) is 0 Å².